The molecule has 1 heterocycles. The number of hydrogen-bond acceptors (Lipinski definition) is 2. The summed E-state index contributed by atoms with van der Waals surface area (Å²) in [6.07, 6.45) is 1.73. The van der Waals surface area contributed by atoms with Crippen molar-refractivity contribution < 1.29 is 4.79 Å². The van der Waals surface area contributed by atoms with E-state index >= 15 is 0 Å². The number of aryl methyl sites for hydroxylation is 2. The SMILES string of the molecule is Cc1cc(C)cc(NC(=O)Cn2cc(C#N)c3ccccc32)c1. The lowest BCUT2D eigenvalue weighted by atomic mass is 10.1. The predicted octanol–water partition coefficient (Wildman–Crippen LogP) is 3.77. The van der Waals surface area contributed by atoms with E-state index in [0.29, 0.717) is 5.56 Å². The van der Waals surface area contributed by atoms with Gasteiger partial charge in [0.05, 0.1) is 5.56 Å². The maximum absolute atomic E-state index is 12.3. The van der Waals surface area contributed by atoms with E-state index in [1.165, 1.54) is 0 Å². The third-order valence-electron chi connectivity index (χ3n) is 3.73. The van der Waals surface area contributed by atoms with Gasteiger partial charge in [-0.3, -0.25) is 4.79 Å². The number of rotatable bonds is 3. The molecule has 4 heteroatoms. The van der Waals surface area contributed by atoms with E-state index in [-0.39, 0.29) is 12.5 Å². The van der Waals surface area contributed by atoms with Gasteiger partial charge in [0.25, 0.3) is 0 Å². The first-order valence-corrected chi connectivity index (χ1v) is 7.43. The first-order valence-electron chi connectivity index (χ1n) is 7.43. The highest BCUT2D eigenvalue weighted by molar-refractivity contribution is 5.93. The Morgan fingerprint density at radius 3 is 2.57 bits per heavy atom. The zero-order valence-electron chi connectivity index (χ0n) is 13.1. The van der Waals surface area contributed by atoms with E-state index in [1.54, 1.807) is 6.20 Å². The number of amides is 1. The van der Waals surface area contributed by atoms with Gasteiger partial charge in [-0.05, 0) is 43.2 Å². The second-order valence-electron chi connectivity index (χ2n) is 5.72. The second kappa shape index (κ2) is 5.98. The van der Waals surface area contributed by atoms with Crippen LogP contribution in [0.3, 0.4) is 0 Å². The first kappa shape index (κ1) is 14.9. The highest BCUT2D eigenvalue weighted by Gasteiger charge is 2.11. The van der Waals surface area contributed by atoms with Gasteiger partial charge in [0.2, 0.25) is 5.91 Å². The van der Waals surface area contributed by atoms with Crippen molar-refractivity contribution in [2.24, 2.45) is 0 Å². The summed E-state index contributed by atoms with van der Waals surface area (Å²) in [5, 5.41) is 13.0. The summed E-state index contributed by atoms with van der Waals surface area (Å²) >= 11 is 0. The zero-order chi connectivity index (χ0) is 16.4. The summed E-state index contributed by atoms with van der Waals surface area (Å²) in [5.41, 5.74) is 4.49. The highest BCUT2D eigenvalue weighted by atomic mass is 16.1. The normalized spacial score (nSPS) is 10.5. The Bertz CT molecular complexity index is 911. The summed E-state index contributed by atoms with van der Waals surface area (Å²) in [4.78, 5) is 12.3. The Balaban J connectivity index is 1.85. The molecule has 114 valence electrons. The van der Waals surface area contributed by atoms with E-state index in [9.17, 15) is 10.1 Å². The predicted molar refractivity (Wildman–Crippen MR) is 91.2 cm³/mol. The fraction of sp³-hybridized carbons (Fsp3) is 0.158. The van der Waals surface area contributed by atoms with Crippen LogP contribution >= 0.6 is 0 Å². The minimum absolute atomic E-state index is 0.111. The van der Waals surface area contributed by atoms with Crippen molar-refractivity contribution in [1.29, 1.82) is 5.26 Å². The van der Waals surface area contributed by atoms with E-state index in [1.807, 2.05) is 54.8 Å². The van der Waals surface area contributed by atoms with Gasteiger partial charge in [-0.2, -0.15) is 5.26 Å². The fourth-order valence-electron chi connectivity index (χ4n) is 2.87. The van der Waals surface area contributed by atoms with Crippen LogP contribution in [0.25, 0.3) is 10.9 Å². The molecule has 0 atom stereocenters. The van der Waals surface area contributed by atoms with Gasteiger partial charge >= 0.3 is 0 Å². The summed E-state index contributed by atoms with van der Waals surface area (Å²) < 4.78 is 1.81. The zero-order valence-corrected chi connectivity index (χ0v) is 13.1. The standard InChI is InChI=1S/C19H17N3O/c1-13-7-14(2)9-16(8-13)21-19(23)12-22-11-15(10-20)17-5-3-4-6-18(17)22/h3-9,11H,12H2,1-2H3,(H,21,23). The van der Waals surface area contributed by atoms with E-state index in [4.69, 9.17) is 0 Å². The third-order valence-corrected chi connectivity index (χ3v) is 3.73. The molecular weight excluding hydrogens is 286 g/mol. The van der Waals surface area contributed by atoms with Crippen molar-refractivity contribution in [3.63, 3.8) is 0 Å². The van der Waals surface area contributed by atoms with Crippen LogP contribution in [0.5, 0.6) is 0 Å². The van der Waals surface area contributed by atoms with Crippen LogP contribution in [-0.2, 0) is 11.3 Å². The molecule has 0 unspecified atom stereocenters. The maximum Gasteiger partial charge on any atom is 0.244 e. The van der Waals surface area contributed by atoms with Gasteiger partial charge in [0.15, 0.2) is 0 Å². The van der Waals surface area contributed by atoms with Crippen molar-refractivity contribution in [3.05, 3.63) is 65.4 Å². The number of nitrogens with zero attached hydrogens (tertiary/aromatic N) is 2. The van der Waals surface area contributed by atoms with Gasteiger partial charge in [-0.25, -0.2) is 0 Å². The lowest BCUT2D eigenvalue weighted by Gasteiger charge is -2.09. The molecule has 2 aromatic carbocycles. The Hall–Kier alpha value is -3.06. The number of nitriles is 1. The number of nitrogens with one attached hydrogen (secondary N) is 1. The lowest BCUT2D eigenvalue weighted by molar-refractivity contribution is -0.116. The summed E-state index contributed by atoms with van der Waals surface area (Å²) in [7, 11) is 0. The quantitative estimate of drug-likeness (QED) is 0.800. The van der Waals surface area contributed by atoms with Gasteiger partial charge in [0, 0.05) is 22.8 Å². The minimum Gasteiger partial charge on any atom is -0.337 e. The molecule has 23 heavy (non-hydrogen) atoms. The average Bonchev–Trinajstić information content (AvgIpc) is 2.84. The Morgan fingerprint density at radius 2 is 1.87 bits per heavy atom. The van der Waals surface area contributed by atoms with E-state index < -0.39 is 0 Å². The molecule has 0 saturated heterocycles. The minimum atomic E-state index is -0.111. The van der Waals surface area contributed by atoms with Crippen LogP contribution in [0.1, 0.15) is 16.7 Å². The molecule has 4 nitrogen and oxygen atoms in total. The number of hydrogen-bond donors (Lipinski definition) is 1. The molecule has 1 N–H and O–H groups in total. The Labute approximate surface area is 135 Å². The molecule has 0 aliphatic rings. The van der Waals surface area contributed by atoms with Crippen molar-refractivity contribution in [2.45, 2.75) is 20.4 Å². The molecule has 0 aliphatic carbocycles. The van der Waals surface area contributed by atoms with Crippen LogP contribution in [0.4, 0.5) is 5.69 Å². The van der Waals surface area contributed by atoms with E-state index in [0.717, 1.165) is 27.7 Å². The van der Waals surface area contributed by atoms with Crippen LogP contribution in [0.2, 0.25) is 0 Å². The Morgan fingerprint density at radius 1 is 1.17 bits per heavy atom. The van der Waals surface area contributed by atoms with Crippen LogP contribution in [0, 0.1) is 25.2 Å². The molecule has 0 fully saturated rings. The molecule has 3 rings (SSSR count). The average molecular weight is 303 g/mol. The molecule has 3 aromatic rings. The molecule has 0 spiro atoms. The molecule has 1 amide bonds. The highest BCUT2D eigenvalue weighted by Crippen LogP contribution is 2.21. The number of benzene rings is 2. The van der Waals surface area contributed by atoms with Gasteiger partial charge in [-0.1, -0.05) is 24.3 Å². The number of carbonyl (C=O) groups excluding carboxylic acids is 1. The molecule has 1 aromatic heterocycles. The number of anilines is 1. The van der Waals surface area contributed by atoms with Crippen LogP contribution in [0.15, 0.2) is 48.7 Å². The number of carbonyl (C=O) groups is 1. The van der Waals surface area contributed by atoms with E-state index in [2.05, 4.69) is 17.5 Å². The van der Waals surface area contributed by atoms with Crippen molar-refractivity contribution in [1.82, 2.24) is 4.57 Å². The molecule has 0 bridgehead atoms. The third kappa shape index (κ3) is 3.09. The molecule has 0 saturated carbocycles. The molecule has 0 radical (unpaired) electrons. The van der Waals surface area contributed by atoms with Crippen molar-refractivity contribution >= 4 is 22.5 Å². The largest absolute Gasteiger partial charge is 0.337 e. The van der Waals surface area contributed by atoms with Crippen LogP contribution in [-0.4, -0.2) is 10.5 Å². The summed E-state index contributed by atoms with van der Waals surface area (Å²) in [6, 6.07) is 15.7. The summed E-state index contributed by atoms with van der Waals surface area (Å²) in [5.74, 6) is -0.111. The first-order chi connectivity index (χ1) is 11.1. The number of fused-ring (bicyclic) bond motifs is 1. The van der Waals surface area contributed by atoms with Gasteiger partial charge in [-0.15, -0.1) is 0 Å². The van der Waals surface area contributed by atoms with Gasteiger partial charge < -0.3 is 9.88 Å². The maximum atomic E-state index is 12.3. The monoisotopic (exact) mass is 303 g/mol. The second-order valence-corrected chi connectivity index (χ2v) is 5.72. The molecular formula is C19H17N3O. The number of para-hydroxylation sites is 1. The Kier molecular flexibility index (Phi) is 3.86. The number of aromatic nitrogens is 1. The summed E-state index contributed by atoms with van der Waals surface area (Å²) in [6.45, 7) is 4.18. The van der Waals surface area contributed by atoms with Crippen LogP contribution < -0.4 is 5.32 Å². The van der Waals surface area contributed by atoms with Crippen molar-refractivity contribution in [3.8, 4) is 6.07 Å². The molecule has 0 aliphatic heterocycles. The smallest absolute Gasteiger partial charge is 0.244 e. The van der Waals surface area contributed by atoms with Crippen molar-refractivity contribution in [2.75, 3.05) is 5.32 Å². The topological polar surface area (TPSA) is 57.8 Å². The van der Waals surface area contributed by atoms with Gasteiger partial charge in [0.1, 0.15) is 12.6 Å². The lowest BCUT2D eigenvalue weighted by Crippen LogP contribution is -2.18. The fourth-order valence-corrected chi connectivity index (χ4v) is 2.87.